The van der Waals surface area contributed by atoms with E-state index in [4.69, 9.17) is 11.0 Å². The summed E-state index contributed by atoms with van der Waals surface area (Å²) in [5, 5.41) is 17.9. The maximum absolute atomic E-state index is 13.2. The Kier molecular flexibility index (Phi) is 2.13. The van der Waals surface area contributed by atoms with Gasteiger partial charge in [-0.1, -0.05) is 0 Å². The normalized spacial score (nSPS) is 17.1. The summed E-state index contributed by atoms with van der Waals surface area (Å²) in [7, 11) is 0. The lowest BCUT2D eigenvalue weighted by Crippen LogP contribution is -2.24. The minimum absolute atomic E-state index is 0.0331. The molecule has 0 aromatic heterocycles. The van der Waals surface area contributed by atoms with Crippen LogP contribution in [0.4, 0.5) is 4.39 Å². The highest BCUT2D eigenvalue weighted by molar-refractivity contribution is 5.46. The Morgan fingerprint density at radius 2 is 2.20 bits per heavy atom. The molecule has 0 spiro atoms. The number of nitrogens with two attached hydrogens (primary N) is 1. The number of halogens is 1. The fourth-order valence-corrected chi connectivity index (χ4v) is 1.59. The van der Waals surface area contributed by atoms with Gasteiger partial charge < -0.3 is 10.8 Å². The lowest BCUT2D eigenvalue weighted by atomic mass is 10.0. The van der Waals surface area contributed by atoms with E-state index in [1.165, 1.54) is 12.1 Å². The summed E-state index contributed by atoms with van der Waals surface area (Å²) in [6.45, 7) is 0. The van der Waals surface area contributed by atoms with E-state index in [1.807, 2.05) is 0 Å². The van der Waals surface area contributed by atoms with E-state index in [-0.39, 0.29) is 11.1 Å². The van der Waals surface area contributed by atoms with Crippen molar-refractivity contribution in [2.45, 2.75) is 24.8 Å². The van der Waals surface area contributed by atoms with Crippen molar-refractivity contribution in [3.05, 3.63) is 29.1 Å². The molecule has 3 nitrogen and oxygen atoms in total. The van der Waals surface area contributed by atoms with E-state index in [2.05, 4.69) is 0 Å². The monoisotopic (exact) mass is 206 g/mol. The van der Waals surface area contributed by atoms with Gasteiger partial charge in [0.05, 0.1) is 5.56 Å². The third-order valence-corrected chi connectivity index (χ3v) is 2.69. The molecule has 1 aliphatic rings. The van der Waals surface area contributed by atoms with Gasteiger partial charge in [-0.05, 0) is 37.0 Å². The summed E-state index contributed by atoms with van der Waals surface area (Å²) in [5.41, 5.74) is 6.30. The van der Waals surface area contributed by atoms with Crippen LogP contribution in [0.3, 0.4) is 0 Å². The summed E-state index contributed by atoms with van der Waals surface area (Å²) >= 11 is 0. The molecule has 0 radical (unpaired) electrons. The summed E-state index contributed by atoms with van der Waals surface area (Å²) in [5.74, 6) is -1.34. The van der Waals surface area contributed by atoms with E-state index < -0.39 is 11.6 Å². The summed E-state index contributed by atoms with van der Waals surface area (Å²) in [6.07, 6.45) is 2.41. The third kappa shape index (κ3) is 1.92. The number of benzene rings is 1. The minimum atomic E-state index is -0.756. The fraction of sp³-hybridized carbons (Fsp3) is 0.364. The van der Waals surface area contributed by atoms with Crippen LogP contribution in [0, 0.1) is 17.1 Å². The van der Waals surface area contributed by atoms with Crippen molar-refractivity contribution in [3.63, 3.8) is 0 Å². The molecule has 1 saturated carbocycles. The first-order valence-corrected chi connectivity index (χ1v) is 4.74. The molecule has 2 rings (SSSR count). The Morgan fingerprint density at radius 3 is 2.73 bits per heavy atom. The third-order valence-electron chi connectivity index (χ3n) is 2.69. The van der Waals surface area contributed by atoms with Gasteiger partial charge in [0.25, 0.3) is 0 Å². The van der Waals surface area contributed by atoms with E-state index in [0.717, 1.165) is 12.8 Å². The number of rotatable bonds is 2. The molecule has 0 amide bonds. The zero-order chi connectivity index (χ0) is 11.1. The molecule has 0 atom stereocenters. The summed E-state index contributed by atoms with van der Waals surface area (Å²) in [6, 6.07) is 4.48. The molecule has 0 unspecified atom stereocenters. The predicted molar refractivity (Wildman–Crippen MR) is 52.6 cm³/mol. The lowest BCUT2D eigenvalue weighted by molar-refractivity contribution is 0.429. The van der Waals surface area contributed by atoms with Gasteiger partial charge in [-0.3, -0.25) is 0 Å². The second kappa shape index (κ2) is 3.21. The Hall–Kier alpha value is -1.60. The topological polar surface area (TPSA) is 70.0 Å². The van der Waals surface area contributed by atoms with Gasteiger partial charge in [-0.25, -0.2) is 4.39 Å². The Bertz CT molecular complexity index is 447. The molecule has 15 heavy (non-hydrogen) atoms. The molecular weight excluding hydrogens is 195 g/mol. The maximum Gasteiger partial charge on any atom is 0.169 e. The lowest BCUT2D eigenvalue weighted by Gasteiger charge is -2.09. The van der Waals surface area contributed by atoms with Crippen LogP contribution in [-0.2, 0) is 6.42 Å². The van der Waals surface area contributed by atoms with Crippen LogP contribution >= 0.6 is 0 Å². The number of hydrogen-bond acceptors (Lipinski definition) is 3. The van der Waals surface area contributed by atoms with Gasteiger partial charge in [-0.15, -0.1) is 0 Å². The molecular formula is C11H11FN2O. The second-order valence-corrected chi connectivity index (χ2v) is 4.12. The van der Waals surface area contributed by atoms with Crippen LogP contribution in [0.2, 0.25) is 0 Å². The fourth-order valence-electron chi connectivity index (χ4n) is 1.59. The zero-order valence-electron chi connectivity index (χ0n) is 8.13. The molecule has 0 saturated heterocycles. The quantitative estimate of drug-likeness (QED) is 0.769. The smallest absolute Gasteiger partial charge is 0.169 e. The highest BCUT2D eigenvalue weighted by Crippen LogP contribution is 2.36. The molecule has 1 fully saturated rings. The molecule has 0 heterocycles. The number of aromatic hydroxyl groups is 1. The molecule has 0 bridgehead atoms. The van der Waals surface area contributed by atoms with Crippen molar-refractivity contribution in [3.8, 4) is 11.8 Å². The van der Waals surface area contributed by atoms with Crippen LogP contribution in [0.15, 0.2) is 12.1 Å². The Balaban J connectivity index is 2.33. The van der Waals surface area contributed by atoms with Crippen molar-refractivity contribution >= 4 is 0 Å². The number of nitrogens with zero attached hydrogens (tertiary/aromatic N) is 1. The summed E-state index contributed by atoms with van der Waals surface area (Å²) in [4.78, 5) is 0. The molecule has 1 aromatic carbocycles. The first-order chi connectivity index (χ1) is 7.04. The summed E-state index contributed by atoms with van der Waals surface area (Å²) < 4.78 is 13.2. The van der Waals surface area contributed by atoms with Crippen molar-refractivity contribution < 1.29 is 9.50 Å². The standard InChI is InChI=1S/C11H11FN2O/c12-9-4-7(5-11(14)1-2-11)3-8(6-13)10(9)15/h3-4,15H,1-2,5,14H2. The molecule has 0 aliphatic heterocycles. The van der Waals surface area contributed by atoms with Gasteiger partial charge in [0.2, 0.25) is 0 Å². The molecule has 3 N–H and O–H groups in total. The van der Waals surface area contributed by atoms with Crippen molar-refractivity contribution in [2.24, 2.45) is 5.73 Å². The van der Waals surface area contributed by atoms with Crippen LogP contribution in [0.5, 0.6) is 5.75 Å². The molecule has 1 aliphatic carbocycles. The highest BCUT2D eigenvalue weighted by atomic mass is 19.1. The minimum Gasteiger partial charge on any atom is -0.504 e. The van der Waals surface area contributed by atoms with E-state index >= 15 is 0 Å². The average Bonchev–Trinajstić information content (AvgIpc) is 2.89. The predicted octanol–water partition coefficient (Wildman–Crippen LogP) is 1.44. The van der Waals surface area contributed by atoms with E-state index in [0.29, 0.717) is 12.0 Å². The maximum atomic E-state index is 13.2. The largest absolute Gasteiger partial charge is 0.504 e. The van der Waals surface area contributed by atoms with E-state index in [9.17, 15) is 9.50 Å². The van der Waals surface area contributed by atoms with Gasteiger partial charge in [-0.2, -0.15) is 5.26 Å². The molecule has 1 aromatic rings. The van der Waals surface area contributed by atoms with Gasteiger partial charge >= 0.3 is 0 Å². The van der Waals surface area contributed by atoms with Gasteiger partial charge in [0.15, 0.2) is 11.6 Å². The van der Waals surface area contributed by atoms with Crippen LogP contribution in [0.1, 0.15) is 24.0 Å². The van der Waals surface area contributed by atoms with Crippen molar-refractivity contribution in [1.29, 1.82) is 5.26 Å². The highest BCUT2D eigenvalue weighted by Gasteiger charge is 2.38. The first kappa shape index (κ1) is 9.94. The van der Waals surface area contributed by atoms with E-state index in [1.54, 1.807) is 6.07 Å². The van der Waals surface area contributed by atoms with Gasteiger partial charge in [0.1, 0.15) is 6.07 Å². The number of hydrogen-bond donors (Lipinski definition) is 2. The van der Waals surface area contributed by atoms with Crippen LogP contribution in [0.25, 0.3) is 0 Å². The van der Waals surface area contributed by atoms with Gasteiger partial charge in [0, 0.05) is 5.54 Å². The number of phenols is 1. The zero-order valence-corrected chi connectivity index (χ0v) is 8.13. The number of phenolic OH excluding ortho intramolecular Hbond substituents is 1. The Morgan fingerprint density at radius 1 is 1.53 bits per heavy atom. The second-order valence-electron chi connectivity index (χ2n) is 4.12. The van der Waals surface area contributed by atoms with Crippen molar-refractivity contribution in [1.82, 2.24) is 0 Å². The first-order valence-electron chi connectivity index (χ1n) is 4.74. The van der Waals surface area contributed by atoms with Crippen LogP contribution in [-0.4, -0.2) is 10.6 Å². The SMILES string of the molecule is N#Cc1cc(CC2(N)CC2)cc(F)c1O. The van der Waals surface area contributed by atoms with Crippen LogP contribution < -0.4 is 5.73 Å². The Labute approximate surface area is 86.9 Å². The molecule has 4 heteroatoms. The molecule has 78 valence electrons. The average molecular weight is 206 g/mol. The van der Waals surface area contributed by atoms with Crippen molar-refractivity contribution in [2.75, 3.05) is 0 Å². The number of nitriles is 1.